The third-order valence-corrected chi connectivity index (χ3v) is 10.1. The summed E-state index contributed by atoms with van der Waals surface area (Å²) in [7, 11) is -7.69. The number of nitrogens with one attached hydrogen (secondary N) is 2. The molecule has 0 radical (unpaired) electrons. The molecule has 6 rings (SSSR count). The van der Waals surface area contributed by atoms with E-state index in [0.29, 0.717) is 16.8 Å². The molecule has 0 unspecified atom stereocenters. The molecule has 0 saturated heterocycles. The van der Waals surface area contributed by atoms with Crippen LogP contribution in [0.2, 0.25) is 0 Å². The fourth-order valence-electron chi connectivity index (χ4n) is 5.41. The predicted octanol–water partition coefficient (Wildman–Crippen LogP) is 3.30. The molecule has 2 heterocycles. The van der Waals surface area contributed by atoms with Crippen molar-refractivity contribution < 1.29 is 59.4 Å². The summed E-state index contributed by atoms with van der Waals surface area (Å²) < 4.78 is 48.5. The van der Waals surface area contributed by atoms with Gasteiger partial charge in [-0.25, -0.2) is 28.1 Å². The largest absolute Gasteiger partial charge is 0.866 e. The average Bonchev–Trinajstić information content (AvgIpc) is 3.62. The summed E-state index contributed by atoms with van der Waals surface area (Å²) >= 11 is 0. The van der Waals surface area contributed by atoms with E-state index in [2.05, 4.69) is 35.8 Å². The van der Waals surface area contributed by atoms with Gasteiger partial charge >= 0.3 is 21.5 Å². The second-order valence-corrected chi connectivity index (χ2v) is 16.1. The Kier molecular flexibility index (Phi) is 13.7. The molecule has 0 aliphatic carbocycles. The molecule has 0 bridgehead atoms. The molecule has 6 aromatic rings. The maximum Gasteiger partial charge on any atom is 0.365 e. The van der Waals surface area contributed by atoms with Crippen LogP contribution in [0.25, 0.3) is 11.4 Å². The van der Waals surface area contributed by atoms with Crippen molar-refractivity contribution in [2.75, 3.05) is 0 Å². The number of quaternary nitrogens is 1. The molecule has 0 spiro atoms. The van der Waals surface area contributed by atoms with Gasteiger partial charge in [0.25, 0.3) is 16.8 Å². The van der Waals surface area contributed by atoms with E-state index in [4.69, 9.17) is 10.2 Å². The zero-order chi connectivity index (χ0) is 44.4. The van der Waals surface area contributed by atoms with Gasteiger partial charge in [-0.2, -0.15) is 13.5 Å². The minimum Gasteiger partial charge on any atom is -0.866 e. The Bertz CT molecular complexity index is 2930. The molecular formula is C34H33CrN12O12S2+. The number of nitrogens with zero attached hydrogens (tertiary/aromatic N) is 8. The van der Waals surface area contributed by atoms with Crippen molar-refractivity contribution in [3.05, 3.63) is 136 Å². The second-order valence-electron chi connectivity index (χ2n) is 12.8. The van der Waals surface area contributed by atoms with Crippen LogP contribution in [-0.2, 0) is 37.4 Å². The molecule has 0 saturated carbocycles. The van der Waals surface area contributed by atoms with Crippen LogP contribution in [0.4, 0.5) is 34.1 Å². The van der Waals surface area contributed by atoms with E-state index < -0.39 is 63.9 Å². The van der Waals surface area contributed by atoms with Crippen molar-refractivity contribution in [3.8, 4) is 22.9 Å². The van der Waals surface area contributed by atoms with E-state index in [0.717, 1.165) is 15.4 Å². The van der Waals surface area contributed by atoms with Crippen LogP contribution in [0.15, 0.2) is 113 Å². The molecule has 27 heteroatoms. The quantitative estimate of drug-likeness (QED) is 0.0668. The number of aromatic nitrogens is 4. The summed E-state index contributed by atoms with van der Waals surface area (Å²) in [6, 6.07) is 16.1. The third-order valence-electron chi connectivity index (χ3n) is 8.26. The van der Waals surface area contributed by atoms with E-state index in [1.807, 2.05) is 0 Å². The number of nitro groups is 2. The first-order valence-corrected chi connectivity index (χ1v) is 19.9. The minimum atomic E-state index is -3.98. The van der Waals surface area contributed by atoms with Crippen molar-refractivity contribution in [1.82, 2.24) is 19.6 Å². The molecule has 61 heavy (non-hydrogen) atoms. The van der Waals surface area contributed by atoms with E-state index in [-0.39, 0.29) is 67.0 Å². The average molecular weight is 918 g/mol. The van der Waals surface area contributed by atoms with Crippen LogP contribution in [0.5, 0.6) is 11.5 Å². The summed E-state index contributed by atoms with van der Waals surface area (Å²) in [5.41, 5.74) is -0.928. The fourth-order valence-corrected chi connectivity index (χ4v) is 6.55. The van der Waals surface area contributed by atoms with Crippen LogP contribution in [0, 0.1) is 47.9 Å². The number of nitrogens with two attached hydrogens (primary N) is 1. The Hall–Kier alpha value is -7.15. The first-order chi connectivity index (χ1) is 28.0. The van der Waals surface area contributed by atoms with Crippen molar-refractivity contribution >= 4 is 54.2 Å². The van der Waals surface area contributed by atoms with Gasteiger partial charge < -0.3 is 10.2 Å². The Morgan fingerprint density at radius 1 is 0.689 bits per heavy atom. The standard InChI is InChI=1S/2C17H16N6O6S.Cr/c2*1-9-6-13(16(24)14(7-9)23(26)27)19-20-15-10(2)21-22(17(15)25)11-4-3-5-12(8-11)30(18,28)29;/h2*3-8,21,24H,1-2H3,(H2,18,28,29);/p+1. The number of hydrogen-bond acceptors (Lipinski definition) is 15. The minimum absolute atomic E-state index is 0. The molecular weight excluding hydrogens is 885 g/mol. The summed E-state index contributed by atoms with van der Waals surface area (Å²) in [4.78, 5) is 45.8. The number of hydrogen-bond donors (Lipinski definition) is 4. The van der Waals surface area contributed by atoms with Crippen molar-refractivity contribution in [2.24, 2.45) is 25.6 Å². The molecule has 0 atom stereocenters. The molecule has 0 aliphatic rings. The number of sulfonamides is 2. The Labute approximate surface area is 354 Å². The van der Waals surface area contributed by atoms with Gasteiger partial charge in [-0.1, -0.05) is 12.1 Å². The van der Waals surface area contributed by atoms with Gasteiger partial charge in [0, 0.05) is 35.2 Å². The van der Waals surface area contributed by atoms with Gasteiger partial charge in [-0.3, -0.25) is 40.0 Å². The summed E-state index contributed by atoms with van der Waals surface area (Å²) in [5.74, 6) is -1.35. The van der Waals surface area contributed by atoms with Gasteiger partial charge in [0.1, 0.15) is 4.90 Å². The van der Waals surface area contributed by atoms with Crippen LogP contribution in [-0.4, -0.2) is 51.3 Å². The van der Waals surface area contributed by atoms with Crippen LogP contribution >= 0.6 is 0 Å². The molecule has 9 N–H and O–H groups in total. The van der Waals surface area contributed by atoms with Gasteiger partial charge in [-0.05, 0) is 87.4 Å². The summed E-state index contributed by atoms with van der Waals surface area (Å²) in [6.45, 7) is 6.25. The van der Waals surface area contributed by atoms with Gasteiger partial charge in [-0.15, -0.1) is 15.3 Å². The number of aryl methyl sites for hydroxylation is 4. The summed E-state index contributed by atoms with van der Waals surface area (Å²) in [6.07, 6.45) is 0. The Morgan fingerprint density at radius 3 is 1.57 bits per heavy atom. The molecule has 2 aromatic heterocycles. The maximum absolute atomic E-state index is 12.8. The van der Waals surface area contributed by atoms with E-state index in [9.17, 15) is 51.8 Å². The van der Waals surface area contributed by atoms with Crippen LogP contribution in [0.3, 0.4) is 0 Å². The summed E-state index contributed by atoms with van der Waals surface area (Å²) in [5, 5.41) is 71.1. The molecule has 0 aliphatic heterocycles. The van der Waals surface area contributed by atoms with E-state index in [1.165, 1.54) is 73.7 Å². The maximum atomic E-state index is 12.8. The van der Waals surface area contributed by atoms with E-state index in [1.54, 1.807) is 20.8 Å². The first kappa shape index (κ1) is 46.5. The number of primary sulfonamides is 1. The molecule has 4 aromatic carbocycles. The predicted molar refractivity (Wildman–Crippen MR) is 210 cm³/mol. The number of azo groups is 2. The molecule has 24 nitrogen and oxygen atoms in total. The molecule has 0 amide bonds. The van der Waals surface area contributed by atoms with Crippen LogP contribution < -0.4 is 26.5 Å². The molecule has 318 valence electrons. The van der Waals surface area contributed by atoms with Crippen molar-refractivity contribution in [1.29, 1.82) is 0 Å². The monoisotopic (exact) mass is 917 g/mol. The normalized spacial score (nSPS) is 11.6. The van der Waals surface area contributed by atoms with Gasteiger partial charge in [0.05, 0.1) is 43.2 Å². The zero-order valence-electron chi connectivity index (χ0n) is 32.0. The number of aromatic amines is 2. The Morgan fingerprint density at radius 2 is 1.11 bits per heavy atom. The van der Waals surface area contributed by atoms with Crippen molar-refractivity contribution in [3.63, 3.8) is 0 Å². The third kappa shape index (κ3) is 10.4. The van der Waals surface area contributed by atoms with Crippen molar-refractivity contribution in [2.45, 2.75) is 37.5 Å². The Balaban J connectivity index is 0.000000264. The fraction of sp³-hybridized carbons (Fsp3) is 0.118. The second kappa shape index (κ2) is 18.0. The first-order valence-electron chi connectivity index (χ1n) is 16.7. The van der Waals surface area contributed by atoms with Gasteiger partial charge in [0.2, 0.25) is 10.0 Å². The molecule has 0 fully saturated rings. The van der Waals surface area contributed by atoms with Gasteiger partial charge in [0.15, 0.2) is 17.1 Å². The number of nitro benzene ring substituents is 2. The SMILES string of the molecule is Cc1cc(N=Nc2c(C)[nH]n(-c3cccc(S(N)(=O)=O)c3)c2=O)c([O-])c([N+](=O)[O-])c1.Cc1cc(N=Nc2c(C)[nH]n(-c3cccc(S([NH3+])(=O)=O)c3)c2=O)c([OH2+])c([N+](=O)[O-])c1.[Cr]. The van der Waals surface area contributed by atoms with Crippen LogP contribution in [0.1, 0.15) is 22.5 Å². The number of H-pyrrole nitrogens is 2. The number of benzene rings is 4. The number of rotatable bonds is 10. The zero-order valence-corrected chi connectivity index (χ0v) is 34.9. The smallest absolute Gasteiger partial charge is 0.365 e. The van der Waals surface area contributed by atoms with E-state index >= 15 is 0 Å². The topological polar surface area (TPSA) is 379 Å².